The minimum atomic E-state index is 0.0149. The van der Waals surface area contributed by atoms with Crippen LogP contribution in [0.5, 0.6) is 5.75 Å². The SMILES string of the molecule is CN=C(NCCc1cccc(C(=O)N(C)C)c1)NCc1ccc2cc(OC)ccc2c1. The summed E-state index contributed by atoms with van der Waals surface area (Å²) in [4.78, 5) is 18.0. The predicted molar refractivity (Wildman–Crippen MR) is 127 cm³/mol. The van der Waals surface area contributed by atoms with Crippen LogP contribution in [0.4, 0.5) is 0 Å². The minimum Gasteiger partial charge on any atom is -0.497 e. The summed E-state index contributed by atoms with van der Waals surface area (Å²) in [6.07, 6.45) is 0.799. The Balaban J connectivity index is 1.53. The van der Waals surface area contributed by atoms with E-state index in [4.69, 9.17) is 4.74 Å². The zero-order chi connectivity index (χ0) is 22.2. The highest BCUT2D eigenvalue weighted by atomic mass is 16.5. The molecule has 0 aromatic heterocycles. The molecule has 0 bridgehead atoms. The van der Waals surface area contributed by atoms with E-state index in [1.807, 2.05) is 36.4 Å². The third kappa shape index (κ3) is 5.98. The van der Waals surface area contributed by atoms with Crippen molar-refractivity contribution in [3.8, 4) is 5.75 Å². The van der Waals surface area contributed by atoms with Crippen molar-refractivity contribution in [2.24, 2.45) is 4.99 Å². The molecule has 0 atom stereocenters. The Morgan fingerprint density at radius 2 is 1.74 bits per heavy atom. The van der Waals surface area contributed by atoms with Gasteiger partial charge in [-0.25, -0.2) is 0 Å². The number of amides is 1. The number of aliphatic imine (C=N–C) groups is 1. The number of nitrogens with one attached hydrogen (secondary N) is 2. The number of carbonyl (C=O) groups is 1. The minimum absolute atomic E-state index is 0.0149. The van der Waals surface area contributed by atoms with Gasteiger partial charge < -0.3 is 20.3 Å². The third-order valence-electron chi connectivity index (χ3n) is 5.08. The molecule has 31 heavy (non-hydrogen) atoms. The quantitative estimate of drug-likeness (QED) is 0.456. The van der Waals surface area contributed by atoms with E-state index in [0.29, 0.717) is 12.1 Å². The van der Waals surface area contributed by atoms with Crippen molar-refractivity contribution in [1.82, 2.24) is 15.5 Å². The molecule has 2 N–H and O–H groups in total. The number of fused-ring (bicyclic) bond motifs is 1. The van der Waals surface area contributed by atoms with Crippen LogP contribution < -0.4 is 15.4 Å². The topological polar surface area (TPSA) is 66.0 Å². The lowest BCUT2D eigenvalue weighted by Gasteiger charge is -2.13. The third-order valence-corrected chi connectivity index (χ3v) is 5.08. The first kappa shape index (κ1) is 22.2. The molecule has 0 spiro atoms. The molecule has 6 heteroatoms. The van der Waals surface area contributed by atoms with Crippen molar-refractivity contribution in [2.75, 3.05) is 34.8 Å². The molecular formula is C25H30N4O2. The number of hydrogen-bond acceptors (Lipinski definition) is 3. The number of ether oxygens (including phenoxy) is 1. The van der Waals surface area contributed by atoms with Crippen molar-refractivity contribution < 1.29 is 9.53 Å². The highest BCUT2D eigenvalue weighted by Gasteiger charge is 2.08. The molecule has 162 valence electrons. The Morgan fingerprint density at radius 1 is 0.968 bits per heavy atom. The smallest absolute Gasteiger partial charge is 0.253 e. The maximum absolute atomic E-state index is 12.1. The molecule has 1 amide bonds. The van der Waals surface area contributed by atoms with Gasteiger partial charge in [0.15, 0.2) is 5.96 Å². The van der Waals surface area contributed by atoms with E-state index in [2.05, 4.69) is 39.9 Å². The van der Waals surface area contributed by atoms with Gasteiger partial charge in [-0.15, -0.1) is 0 Å². The molecule has 0 unspecified atom stereocenters. The van der Waals surface area contributed by atoms with Crippen molar-refractivity contribution >= 4 is 22.6 Å². The Morgan fingerprint density at radius 3 is 2.48 bits per heavy atom. The fourth-order valence-electron chi connectivity index (χ4n) is 3.36. The summed E-state index contributed by atoms with van der Waals surface area (Å²) >= 11 is 0. The van der Waals surface area contributed by atoms with Crippen molar-refractivity contribution in [3.05, 3.63) is 77.4 Å². The largest absolute Gasteiger partial charge is 0.497 e. The van der Waals surface area contributed by atoms with E-state index in [1.165, 1.54) is 10.9 Å². The van der Waals surface area contributed by atoms with Crippen LogP contribution in [0.15, 0.2) is 65.7 Å². The average molecular weight is 419 g/mol. The lowest BCUT2D eigenvalue weighted by Crippen LogP contribution is -2.37. The molecular weight excluding hydrogens is 388 g/mol. The Hall–Kier alpha value is -3.54. The summed E-state index contributed by atoms with van der Waals surface area (Å²) in [5.74, 6) is 1.62. The van der Waals surface area contributed by atoms with Crippen LogP contribution in [-0.2, 0) is 13.0 Å². The summed E-state index contributed by atoms with van der Waals surface area (Å²) in [6.45, 7) is 1.39. The molecule has 0 heterocycles. The lowest BCUT2D eigenvalue weighted by atomic mass is 10.1. The monoisotopic (exact) mass is 418 g/mol. The number of rotatable bonds is 7. The van der Waals surface area contributed by atoms with E-state index in [0.717, 1.165) is 35.6 Å². The van der Waals surface area contributed by atoms with Gasteiger partial charge in [-0.05, 0) is 58.7 Å². The molecule has 3 aromatic rings. The Labute approximate surface area is 183 Å². The molecule has 3 aromatic carbocycles. The normalized spacial score (nSPS) is 11.3. The van der Waals surface area contributed by atoms with E-state index in [1.54, 1.807) is 33.2 Å². The van der Waals surface area contributed by atoms with Crippen LogP contribution in [0.3, 0.4) is 0 Å². The number of nitrogens with zero attached hydrogens (tertiary/aromatic N) is 2. The molecule has 0 saturated carbocycles. The predicted octanol–water partition coefficient (Wildman–Crippen LogP) is 3.46. The van der Waals surface area contributed by atoms with Gasteiger partial charge in [-0.3, -0.25) is 9.79 Å². The number of carbonyl (C=O) groups excluding carboxylic acids is 1. The average Bonchev–Trinajstić information content (AvgIpc) is 2.80. The van der Waals surface area contributed by atoms with E-state index < -0.39 is 0 Å². The van der Waals surface area contributed by atoms with E-state index in [-0.39, 0.29) is 5.91 Å². The number of hydrogen-bond donors (Lipinski definition) is 2. The molecule has 0 saturated heterocycles. The summed E-state index contributed by atoms with van der Waals surface area (Å²) in [6, 6.07) is 20.2. The van der Waals surface area contributed by atoms with Gasteiger partial charge in [0, 0.05) is 39.8 Å². The molecule has 0 fully saturated rings. The van der Waals surface area contributed by atoms with E-state index in [9.17, 15) is 4.79 Å². The Kier molecular flexibility index (Phi) is 7.49. The van der Waals surface area contributed by atoms with Gasteiger partial charge in [0.05, 0.1) is 7.11 Å². The van der Waals surface area contributed by atoms with Crippen LogP contribution in [-0.4, -0.2) is 51.6 Å². The fraction of sp³-hybridized carbons (Fsp3) is 0.280. The van der Waals surface area contributed by atoms with Crippen LogP contribution in [0.2, 0.25) is 0 Å². The highest BCUT2D eigenvalue weighted by molar-refractivity contribution is 5.94. The molecule has 0 aliphatic heterocycles. The second-order valence-corrected chi connectivity index (χ2v) is 7.55. The summed E-state index contributed by atoms with van der Waals surface area (Å²) in [5, 5.41) is 9.03. The maximum Gasteiger partial charge on any atom is 0.253 e. The number of methoxy groups -OCH3 is 1. The lowest BCUT2D eigenvalue weighted by molar-refractivity contribution is 0.0827. The second-order valence-electron chi connectivity index (χ2n) is 7.55. The second kappa shape index (κ2) is 10.5. The van der Waals surface area contributed by atoms with Gasteiger partial charge in [0.25, 0.3) is 5.91 Å². The van der Waals surface area contributed by atoms with Crippen molar-refractivity contribution in [3.63, 3.8) is 0 Å². The first-order chi connectivity index (χ1) is 15.0. The Bertz CT molecular complexity index is 1080. The molecule has 6 nitrogen and oxygen atoms in total. The van der Waals surface area contributed by atoms with E-state index >= 15 is 0 Å². The van der Waals surface area contributed by atoms with Crippen LogP contribution in [0.25, 0.3) is 10.8 Å². The first-order valence-electron chi connectivity index (χ1n) is 10.3. The van der Waals surface area contributed by atoms with Gasteiger partial charge in [0.1, 0.15) is 5.75 Å². The summed E-state index contributed by atoms with van der Waals surface area (Å²) in [5.41, 5.74) is 3.00. The fourth-order valence-corrected chi connectivity index (χ4v) is 3.36. The summed E-state index contributed by atoms with van der Waals surface area (Å²) < 4.78 is 5.29. The standard InChI is InChI=1S/C25H30N4O2/c1-26-25(27-13-12-18-6-5-7-22(14-18)24(30)29(2)3)28-17-19-8-9-21-16-23(31-4)11-10-20(21)15-19/h5-11,14-16H,12-13,17H2,1-4H3,(H2,26,27,28). The highest BCUT2D eigenvalue weighted by Crippen LogP contribution is 2.21. The number of benzene rings is 3. The van der Waals surface area contributed by atoms with Crippen molar-refractivity contribution in [2.45, 2.75) is 13.0 Å². The molecule has 3 rings (SSSR count). The van der Waals surface area contributed by atoms with Crippen LogP contribution >= 0.6 is 0 Å². The molecule has 0 aliphatic rings. The first-order valence-corrected chi connectivity index (χ1v) is 10.3. The van der Waals surface area contributed by atoms with Crippen LogP contribution in [0, 0.1) is 0 Å². The zero-order valence-corrected chi connectivity index (χ0v) is 18.6. The van der Waals surface area contributed by atoms with Gasteiger partial charge in [-0.2, -0.15) is 0 Å². The van der Waals surface area contributed by atoms with Gasteiger partial charge >= 0.3 is 0 Å². The maximum atomic E-state index is 12.1. The van der Waals surface area contributed by atoms with Gasteiger partial charge in [-0.1, -0.05) is 30.3 Å². The molecule has 0 radical (unpaired) electrons. The van der Waals surface area contributed by atoms with Gasteiger partial charge in [0.2, 0.25) is 0 Å². The molecule has 0 aliphatic carbocycles. The van der Waals surface area contributed by atoms with Crippen molar-refractivity contribution in [1.29, 1.82) is 0 Å². The number of guanidine groups is 1. The zero-order valence-electron chi connectivity index (χ0n) is 18.6. The summed E-state index contributed by atoms with van der Waals surface area (Å²) in [7, 11) is 6.97. The van der Waals surface area contributed by atoms with Crippen LogP contribution in [0.1, 0.15) is 21.5 Å².